The van der Waals surface area contributed by atoms with Gasteiger partial charge in [0.2, 0.25) is 0 Å². The van der Waals surface area contributed by atoms with Crippen LogP contribution in [0.1, 0.15) is 33.1 Å². The number of nitrogens with zero attached hydrogens (tertiary/aromatic N) is 1. The number of halogens is 2. The lowest BCUT2D eigenvalue weighted by Crippen LogP contribution is -2.28. The van der Waals surface area contributed by atoms with Crippen molar-refractivity contribution in [1.29, 1.82) is 0 Å². The zero-order valence-electron chi connectivity index (χ0n) is 11.5. The topological polar surface area (TPSA) is 3.24 Å². The maximum Gasteiger partial charge on any atom is 0.0444 e. The highest BCUT2D eigenvalue weighted by Crippen LogP contribution is 2.41. The van der Waals surface area contributed by atoms with Crippen LogP contribution in [0.4, 0.5) is 0 Å². The highest BCUT2D eigenvalue weighted by molar-refractivity contribution is 6.34. The third-order valence-corrected chi connectivity index (χ3v) is 4.96. The van der Waals surface area contributed by atoms with Crippen molar-refractivity contribution in [3.05, 3.63) is 44.5 Å². The Kier molecular flexibility index (Phi) is 3.63. The predicted octanol–water partition coefficient (Wildman–Crippen LogP) is 4.75. The van der Waals surface area contributed by atoms with Crippen molar-refractivity contribution in [2.75, 3.05) is 13.1 Å². The molecule has 1 aliphatic heterocycles. The molecule has 0 saturated heterocycles. The van der Waals surface area contributed by atoms with E-state index in [9.17, 15) is 0 Å². The summed E-state index contributed by atoms with van der Waals surface area (Å²) >= 11 is 13.0. The Morgan fingerprint density at radius 1 is 0.947 bits per heavy atom. The maximum atomic E-state index is 6.52. The second-order valence-electron chi connectivity index (χ2n) is 5.84. The van der Waals surface area contributed by atoms with Crippen LogP contribution in [0.2, 0.25) is 0 Å². The van der Waals surface area contributed by atoms with Gasteiger partial charge in [0, 0.05) is 29.2 Å². The molecule has 1 nitrogen and oxygen atoms in total. The van der Waals surface area contributed by atoms with Gasteiger partial charge in [0.05, 0.1) is 0 Å². The number of hydrogen-bond donors (Lipinski definition) is 0. The fourth-order valence-corrected chi connectivity index (χ4v) is 3.77. The van der Waals surface area contributed by atoms with Gasteiger partial charge in [-0.15, -0.1) is 0 Å². The highest BCUT2D eigenvalue weighted by atomic mass is 35.5. The van der Waals surface area contributed by atoms with Crippen LogP contribution in [0, 0.1) is 0 Å². The Morgan fingerprint density at radius 3 is 1.84 bits per heavy atom. The van der Waals surface area contributed by atoms with Gasteiger partial charge in [-0.1, -0.05) is 23.2 Å². The first kappa shape index (κ1) is 13.5. The van der Waals surface area contributed by atoms with E-state index in [2.05, 4.69) is 30.9 Å². The average molecular weight is 296 g/mol. The van der Waals surface area contributed by atoms with Crippen molar-refractivity contribution >= 4 is 23.2 Å². The van der Waals surface area contributed by atoms with Crippen LogP contribution in [0.15, 0.2) is 44.5 Å². The van der Waals surface area contributed by atoms with Gasteiger partial charge in [-0.2, -0.15) is 0 Å². The second-order valence-corrected chi connectivity index (χ2v) is 6.66. The number of allylic oxidation sites excluding steroid dienone is 4. The second kappa shape index (κ2) is 5.12. The van der Waals surface area contributed by atoms with E-state index in [1.54, 1.807) is 0 Å². The van der Waals surface area contributed by atoms with Gasteiger partial charge in [0.15, 0.2) is 0 Å². The minimum atomic E-state index is 0.549. The smallest absolute Gasteiger partial charge is 0.0444 e. The lowest BCUT2D eigenvalue weighted by molar-refractivity contribution is 0.283. The quantitative estimate of drug-likeness (QED) is 0.675. The average Bonchev–Trinajstić information content (AvgIpc) is 2.95. The Hall–Kier alpha value is -0.500. The van der Waals surface area contributed by atoms with Gasteiger partial charge >= 0.3 is 0 Å². The summed E-state index contributed by atoms with van der Waals surface area (Å²) in [5, 5.41) is 1.80. The van der Waals surface area contributed by atoms with Crippen molar-refractivity contribution in [1.82, 2.24) is 4.90 Å². The Balaban J connectivity index is 2.00. The first-order valence-corrected chi connectivity index (χ1v) is 7.75. The molecule has 0 amide bonds. The molecule has 0 aromatic rings. The van der Waals surface area contributed by atoms with Crippen molar-refractivity contribution in [2.45, 2.75) is 39.2 Å². The summed E-state index contributed by atoms with van der Waals surface area (Å²) in [6.45, 7) is 6.42. The summed E-state index contributed by atoms with van der Waals surface area (Å²) in [5.74, 6) is 0. The minimum Gasteiger partial charge on any atom is -0.292 e. The minimum absolute atomic E-state index is 0.549. The summed E-state index contributed by atoms with van der Waals surface area (Å²) in [6, 6.07) is 0.549. The standard InChI is InChI=1S/C16H19Cl2N/c1-10(2)19-8-11-6-15(17)13-4-3-5-14(13)16(18)7-12(11)9-19/h6-7,10H,3-5,8-9H2,1-2H3/b11-6?,12-7?,15-6+,15-13?,16-7+,16-14?. The third-order valence-electron chi connectivity index (χ3n) is 4.29. The summed E-state index contributed by atoms with van der Waals surface area (Å²) in [6.07, 6.45) is 7.62. The fourth-order valence-electron chi connectivity index (χ4n) is 3.09. The summed E-state index contributed by atoms with van der Waals surface area (Å²) in [5.41, 5.74) is 5.18. The van der Waals surface area contributed by atoms with E-state index in [0.29, 0.717) is 6.04 Å². The van der Waals surface area contributed by atoms with Gasteiger partial charge < -0.3 is 0 Å². The highest BCUT2D eigenvalue weighted by Gasteiger charge is 2.26. The molecule has 0 saturated carbocycles. The summed E-state index contributed by atoms with van der Waals surface area (Å²) < 4.78 is 0. The van der Waals surface area contributed by atoms with E-state index < -0.39 is 0 Å². The Bertz CT molecular complexity index is 493. The van der Waals surface area contributed by atoms with E-state index >= 15 is 0 Å². The fraction of sp³-hybridized carbons (Fsp3) is 0.500. The third kappa shape index (κ3) is 2.44. The molecule has 0 bridgehead atoms. The van der Waals surface area contributed by atoms with E-state index in [1.165, 1.54) is 28.7 Å². The molecule has 0 spiro atoms. The molecule has 3 heteroatoms. The predicted molar refractivity (Wildman–Crippen MR) is 82.5 cm³/mol. The number of rotatable bonds is 1. The van der Waals surface area contributed by atoms with Crippen molar-refractivity contribution in [3.8, 4) is 0 Å². The Labute approximate surface area is 125 Å². The van der Waals surface area contributed by atoms with E-state index in [-0.39, 0.29) is 0 Å². The monoisotopic (exact) mass is 295 g/mol. The van der Waals surface area contributed by atoms with Gasteiger partial charge in [-0.25, -0.2) is 0 Å². The molecule has 1 heterocycles. The molecule has 3 aliphatic rings. The van der Waals surface area contributed by atoms with Gasteiger partial charge in [-0.3, -0.25) is 4.90 Å². The molecule has 3 rings (SSSR count). The van der Waals surface area contributed by atoms with Gasteiger partial charge in [0.25, 0.3) is 0 Å². The van der Waals surface area contributed by atoms with Crippen molar-refractivity contribution in [3.63, 3.8) is 0 Å². The molecule has 0 aromatic carbocycles. The zero-order chi connectivity index (χ0) is 13.6. The molecule has 19 heavy (non-hydrogen) atoms. The maximum absolute atomic E-state index is 6.52. The van der Waals surface area contributed by atoms with Crippen molar-refractivity contribution in [2.24, 2.45) is 0 Å². The van der Waals surface area contributed by atoms with Gasteiger partial charge in [-0.05, 0) is 67.6 Å². The summed E-state index contributed by atoms with van der Waals surface area (Å²) in [7, 11) is 0. The first-order chi connectivity index (χ1) is 9.06. The normalized spacial score (nSPS) is 29.7. The summed E-state index contributed by atoms with van der Waals surface area (Å²) in [4.78, 5) is 2.45. The van der Waals surface area contributed by atoms with Crippen LogP contribution in [0.25, 0.3) is 0 Å². The van der Waals surface area contributed by atoms with Crippen LogP contribution >= 0.6 is 23.2 Å². The SMILES string of the molecule is CC(C)N1CC2=C(/C=C(/Cl)C3=C(CCC3)/C(Cl)=C\2)C1. The lowest BCUT2D eigenvalue weighted by Gasteiger charge is -2.20. The zero-order valence-corrected chi connectivity index (χ0v) is 13.0. The molecule has 0 unspecified atom stereocenters. The van der Waals surface area contributed by atoms with E-state index in [0.717, 1.165) is 36.0 Å². The first-order valence-electron chi connectivity index (χ1n) is 6.99. The van der Waals surface area contributed by atoms with Crippen LogP contribution < -0.4 is 0 Å². The molecule has 0 aromatic heterocycles. The van der Waals surface area contributed by atoms with Crippen LogP contribution in [0.5, 0.6) is 0 Å². The van der Waals surface area contributed by atoms with Crippen LogP contribution in [-0.4, -0.2) is 24.0 Å². The van der Waals surface area contributed by atoms with Crippen LogP contribution in [0.3, 0.4) is 0 Å². The van der Waals surface area contributed by atoms with E-state index in [1.807, 2.05) is 0 Å². The largest absolute Gasteiger partial charge is 0.292 e. The molecule has 2 aliphatic carbocycles. The lowest BCUT2D eigenvalue weighted by atomic mass is 10.0. The molecular weight excluding hydrogens is 277 g/mol. The van der Waals surface area contributed by atoms with E-state index in [4.69, 9.17) is 23.2 Å². The molecule has 0 N–H and O–H groups in total. The molecular formula is C16H19Cl2N. The molecule has 0 fully saturated rings. The molecule has 102 valence electrons. The molecule has 0 atom stereocenters. The number of hydrogen-bond acceptors (Lipinski definition) is 1. The van der Waals surface area contributed by atoms with Crippen LogP contribution in [-0.2, 0) is 0 Å². The van der Waals surface area contributed by atoms with Crippen molar-refractivity contribution < 1.29 is 0 Å². The molecule has 0 radical (unpaired) electrons. The van der Waals surface area contributed by atoms with Gasteiger partial charge in [0.1, 0.15) is 0 Å². The Morgan fingerprint density at radius 2 is 1.42 bits per heavy atom.